The van der Waals surface area contributed by atoms with Crippen LogP contribution in [0.5, 0.6) is 0 Å². The minimum Gasteiger partial charge on any atom is -0.326 e. The zero-order valence-corrected chi connectivity index (χ0v) is 19.6. The van der Waals surface area contributed by atoms with Gasteiger partial charge >= 0.3 is 0 Å². The normalized spacial score (nSPS) is 10.6. The van der Waals surface area contributed by atoms with Crippen LogP contribution < -0.4 is 16.1 Å². The van der Waals surface area contributed by atoms with E-state index in [4.69, 9.17) is 0 Å². The van der Waals surface area contributed by atoms with Crippen LogP contribution in [0.25, 0.3) is 0 Å². The number of nitrogens with one attached hydrogen (secondary N) is 3. The molecule has 3 amide bonds. The highest BCUT2D eigenvalue weighted by Crippen LogP contribution is 2.38. The van der Waals surface area contributed by atoms with Gasteiger partial charge in [-0.3, -0.25) is 24.5 Å². The van der Waals surface area contributed by atoms with E-state index in [1.807, 2.05) is 0 Å². The SMILES string of the molecule is CC(=O)Nc1ccc(C(=O)NN=Cc2ccc(Sc3ccccc3NC(C)=O)c([N+](=O)[O-])c2)cc1. The van der Waals surface area contributed by atoms with Gasteiger partial charge in [-0.25, -0.2) is 5.43 Å². The highest BCUT2D eigenvalue weighted by atomic mass is 32.2. The number of rotatable bonds is 8. The van der Waals surface area contributed by atoms with E-state index in [2.05, 4.69) is 21.2 Å². The van der Waals surface area contributed by atoms with E-state index in [0.717, 1.165) is 11.8 Å². The second-order valence-electron chi connectivity index (χ2n) is 7.22. The Labute approximate surface area is 205 Å². The summed E-state index contributed by atoms with van der Waals surface area (Å²) in [4.78, 5) is 47.0. The van der Waals surface area contributed by atoms with Gasteiger partial charge in [-0.2, -0.15) is 5.10 Å². The third-order valence-electron chi connectivity index (χ3n) is 4.44. The molecular formula is C24H21N5O5S. The largest absolute Gasteiger partial charge is 0.326 e. The lowest BCUT2D eigenvalue weighted by molar-refractivity contribution is -0.387. The summed E-state index contributed by atoms with van der Waals surface area (Å²) in [5.41, 5.74) is 4.07. The summed E-state index contributed by atoms with van der Waals surface area (Å²) in [5.74, 6) is -0.945. The molecule has 0 saturated heterocycles. The van der Waals surface area contributed by atoms with Gasteiger partial charge in [-0.1, -0.05) is 30.0 Å². The molecule has 0 aliphatic rings. The average molecular weight is 492 g/mol. The molecule has 0 atom stereocenters. The molecule has 3 rings (SSSR count). The molecule has 0 aromatic heterocycles. The van der Waals surface area contributed by atoms with Gasteiger partial charge in [-0.15, -0.1) is 0 Å². The van der Waals surface area contributed by atoms with Crippen molar-refractivity contribution < 1.29 is 19.3 Å². The zero-order valence-electron chi connectivity index (χ0n) is 18.8. The molecule has 0 saturated carbocycles. The fraction of sp³-hybridized carbons (Fsp3) is 0.0833. The molecule has 11 heteroatoms. The van der Waals surface area contributed by atoms with E-state index in [-0.39, 0.29) is 17.5 Å². The molecule has 3 aromatic rings. The number of amides is 3. The number of hydrogen-bond acceptors (Lipinski definition) is 7. The number of hydrogen-bond donors (Lipinski definition) is 3. The fourth-order valence-corrected chi connectivity index (χ4v) is 3.94. The molecule has 0 unspecified atom stereocenters. The topological polar surface area (TPSA) is 143 Å². The first-order valence-electron chi connectivity index (χ1n) is 10.3. The molecule has 10 nitrogen and oxygen atoms in total. The van der Waals surface area contributed by atoms with Gasteiger partial charge in [0, 0.05) is 41.6 Å². The highest BCUT2D eigenvalue weighted by molar-refractivity contribution is 7.99. The van der Waals surface area contributed by atoms with Crippen molar-refractivity contribution in [1.29, 1.82) is 0 Å². The molecule has 178 valence electrons. The van der Waals surface area contributed by atoms with Crippen LogP contribution in [0, 0.1) is 10.1 Å². The molecule has 0 heterocycles. The summed E-state index contributed by atoms with van der Waals surface area (Å²) in [6, 6.07) is 17.8. The van der Waals surface area contributed by atoms with Crippen molar-refractivity contribution in [2.24, 2.45) is 5.10 Å². The predicted octanol–water partition coefficient (Wildman–Crippen LogP) is 4.43. The number of carbonyl (C=O) groups excluding carboxylic acids is 3. The molecule has 3 N–H and O–H groups in total. The Bertz CT molecular complexity index is 1310. The number of hydrazone groups is 1. The molecule has 0 spiro atoms. The Balaban J connectivity index is 1.72. The molecule has 35 heavy (non-hydrogen) atoms. The van der Waals surface area contributed by atoms with Gasteiger partial charge in [-0.05, 0) is 42.5 Å². The summed E-state index contributed by atoms with van der Waals surface area (Å²) in [6.07, 6.45) is 1.30. The van der Waals surface area contributed by atoms with Gasteiger partial charge in [0.1, 0.15) is 0 Å². The van der Waals surface area contributed by atoms with Crippen molar-refractivity contribution in [2.75, 3.05) is 10.6 Å². The van der Waals surface area contributed by atoms with Crippen LogP contribution in [-0.2, 0) is 9.59 Å². The van der Waals surface area contributed by atoms with E-state index in [1.54, 1.807) is 48.5 Å². The quantitative estimate of drug-likeness (QED) is 0.242. The number of nitro benzene ring substituents is 1. The summed E-state index contributed by atoms with van der Waals surface area (Å²) >= 11 is 1.15. The second-order valence-corrected chi connectivity index (χ2v) is 8.31. The number of carbonyl (C=O) groups is 3. The van der Waals surface area contributed by atoms with Crippen molar-refractivity contribution in [2.45, 2.75) is 23.6 Å². The van der Waals surface area contributed by atoms with Gasteiger partial charge in [0.15, 0.2) is 0 Å². The molecule has 0 aliphatic heterocycles. The van der Waals surface area contributed by atoms with E-state index in [1.165, 1.54) is 38.3 Å². The number of nitro groups is 1. The summed E-state index contributed by atoms with van der Waals surface area (Å²) < 4.78 is 0. The molecule has 3 aromatic carbocycles. The highest BCUT2D eigenvalue weighted by Gasteiger charge is 2.17. The number of nitrogens with zero attached hydrogens (tertiary/aromatic N) is 2. The first-order valence-corrected chi connectivity index (χ1v) is 11.1. The molecular weight excluding hydrogens is 470 g/mol. The monoisotopic (exact) mass is 491 g/mol. The van der Waals surface area contributed by atoms with Crippen LogP contribution in [0.2, 0.25) is 0 Å². The Morgan fingerprint density at radius 1 is 0.914 bits per heavy atom. The first kappa shape index (κ1) is 25.1. The smallest absolute Gasteiger partial charge is 0.283 e. The molecule has 0 bridgehead atoms. The van der Waals surface area contributed by atoms with Crippen LogP contribution >= 0.6 is 11.8 Å². The van der Waals surface area contributed by atoms with E-state index in [9.17, 15) is 24.5 Å². The number of benzene rings is 3. The van der Waals surface area contributed by atoms with Crippen molar-refractivity contribution in [3.63, 3.8) is 0 Å². The van der Waals surface area contributed by atoms with Gasteiger partial charge in [0.05, 0.1) is 21.7 Å². The fourth-order valence-electron chi connectivity index (χ4n) is 2.95. The maximum atomic E-state index is 12.3. The molecule has 0 fully saturated rings. The Hall–Kier alpha value is -4.51. The predicted molar refractivity (Wildman–Crippen MR) is 134 cm³/mol. The third-order valence-corrected chi connectivity index (χ3v) is 5.59. The van der Waals surface area contributed by atoms with Crippen LogP contribution in [0.3, 0.4) is 0 Å². The van der Waals surface area contributed by atoms with E-state index in [0.29, 0.717) is 32.3 Å². The molecule has 0 aliphatic carbocycles. The standard InChI is InChI=1S/C24H21N5O5S/c1-15(30)26-19-10-8-18(9-11-19)24(32)28-25-14-17-7-12-23(21(13-17)29(33)34)35-22-6-4-3-5-20(22)27-16(2)31/h3-14H,1-2H3,(H,26,30)(H,27,31)(H,28,32). The van der Waals surface area contributed by atoms with Crippen molar-refractivity contribution in [3.05, 3.63) is 88.0 Å². The number of anilines is 2. The lowest BCUT2D eigenvalue weighted by Gasteiger charge is -2.10. The van der Waals surface area contributed by atoms with Crippen LogP contribution in [0.1, 0.15) is 29.8 Å². The van der Waals surface area contributed by atoms with Crippen molar-refractivity contribution in [3.8, 4) is 0 Å². The van der Waals surface area contributed by atoms with Crippen LogP contribution in [0.15, 0.2) is 81.6 Å². The third kappa shape index (κ3) is 7.24. The first-order chi connectivity index (χ1) is 16.7. The van der Waals surface area contributed by atoms with Crippen LogP contribution in [-0.4, -0.2) is 28.9 Å². The second kappa shape index (κ2) is 11.6. The Morgan fingerprint density at radius 2 is 1.60 bits per heavy atom. The Morgan fingerprint density at radius 3 is 2.26 bits per heavy atom. The van der Waals surface area contributed by atoms with Gasteiger partial charge < -0.3 is 10.6 Å². The van der Waals surface area contributed by atoms with Crippen molar-refractivity contribution >= 4 is 52.8 Å². The minimum atomic E-state index is -0.504. The maximum absolute atomic E-state index is 12.3. The summed E-state index contributed by atoms with van der Waals surface area (Å²) in [6.45, 7) is 2.77. The minimum absolute atomic E-state index is 0.142. The summed E-state index contributed by atoms with van der Waals surface area (Å²) in [5, 5.41) is 20.9. The Kier molecular flexibility index (Phi) is 8.30. The van der Waals surface area contributed by atoms with Crippen LogP contribution in [0.4, 0.5) is 17.1 Å². The lowest BCUT2D eigenvalue weighted by Crippen LogP contribution is -2.17. The maximum Gasteiger partial charge on any atom is 0.283 e. The zero-order chi connectivity index (χ0) is 25.4. The lowest BCUT2D eigenvalue weighted by atomic mass is 10.2. The average Bonchev–Trinajstić information content (AvgIpc) is 2.80. The van der Waals surface area contributed by atoms with E-state index < -0.39 is 10.8 Å². The van der Waals surface area contributed by atoms with Crippen molar-refractivity contribution in [1.82, 2.24) is 5.43 Å². The van der Waals surface area contributed by atoms with E-state index >= 15 is 0 Å². The van der Waals surface area contributed by atoms with Gasteiger partial charge in [0.2, 0.25) is 11.8 Å². The summed E-state index contributed by atoms with van der Waals surface area (Å²) in [7, 11) is 0. The van der Waals surface area contributed by atoms with Gasteiger partial charge in [0.25, 0.3) is 11.6 Å². The number of para-hydroxylation sites is 1. The molecule has 0 radical (unpaired) electrons.